The largest absolute Gasteiger partial charge is 0.491 e. The fourth-order valence-corrected chi connectivity index (χ4v) is 1.96. The van der Waals surface area contributed by atoms with Crippen LogP contribution in [0.15, 0.2) is 18.2 Å². The molecule has 1 aromatic carbocycles. The maximum Gasteiger partial charge on any atom is 0.390 e. The summed E-state index contributed by atoms with van der Waals surface area (Å²) in [6.07, 6.45) is -5.98. The minimum absolute atomic E-state index is 0.0373. The van der Waals surface area contributed by atoms with E-state index >= 15 is 0 Å². The topological polar surface area (TPSA) is 41.5 Å². The Balaban J connectivity index is 2.32. The third-order valence-corrected chi connectivity index (χ3v) is 3.00. The van der Waals surface area contributed by atoms with E-state index < -0.39 is 24.7 Å². The number of benzene rings is 1. The van der Waals surface area contributed by atoms with E-state index in [0.29, 0.717) is 5.75 Å². The lowest BCUT2D eigenvalue weighted by Gasteiger charge is -2.19. The van der Waals surface area contributed by atoms with Gasteiger partial charge in [-0.1, -0.05) is 17.7 Å². The van der Waals surface area contributed by atoms with Crippen LogP contribution in [0.3, 0.4) is 0 Å². The van der Waals surface area contributed by atoms with Crippen LogP contribution in [0.5, 0.6) is 5.75 Å². The van der Waals surface area contributed by atoms with Crippen molar-refractivity contribution in [3.05, 3.63) is 29.3 Å². The SMILES string of the molecule is Cc1ccc(OC[C@H](O)CN[C@H](C)CC(F)(F)F)c(C)c1. The second kappa shape index (κ2) is 7.66. The third-order valence-electron chi connectivity index (χ3n) is 3.00. The molecule has 3 nitrogen and oxygen atoms in total. The van der Waals surface area contributed by atoms with Crippen LogP contribution in [-0.4, -0.2) is 36.6 Å². The maximum atomic E-state index is 12.1. The molecule has 0 heterocycles. The Labute approximate surface area is 123 Å². The highest BCUT2D eigenvalue weighted by molar-refractivity contribution is 5.35. The summed E-state index contributed by atoms with van der Waals surface area (Å²) in [4.78, 5) is 0. The number of nitrogens with one attached hydrogen (secondary N) is 1. The van der Waals surface area contributed by atoms with Gasteiger partial charge >= 0.3 is 6.18 Å². The van der Waals surface area contributed by atoms with Crippen molar-refractivity contribution in [2.45, 2.75) is 45.5 Å². The number of aryl methyl sites for hydroxylation is 2. The summed E-state index contributed by atoms with van der Waals surface area (Å²) in [5, 5.41) is 12.4. The number of aliphatic hydroxyl groups is 1. The Morgan fingerprint density at radius 2 is 1.95 bits per heavy atom. The molecule has 0 aromatic heterocycles. The smallest absolute Gasteiger partial charge is 0.390 e. The molecule has 0 aliphatic rings. The van der Waals surface area contributed by atoms with Crippen molar-refractivity contribution in [3.63, 3.8) is 0 Å². The van der Waals surface area contributed by atoms with Crippen molar-refractivity contribution >= 4 is 0 Å². The summed E-state index contributed by atoms with van der Waals surface area (Å²) in [5.41, 5.74) is 2.07. The van der Waals surface area contributed by atoms with Crippen LogP contribution < -0.4 is 10.1 Å². The van der Waals surface area contributed by atoms with Gasteiger partial charge in [-0.15, -0.1) is 0 Å². The average molecular weight is 305 g/mol. The van der Waals surface area contributed by atoms with Gasteiger partial charge in [0.15, 0.2) is 0 Å². The number of alkyl halides is 3. The highest BCUT2D eigenvalue weighted by Crippen LogP contribution is 2.21. The first-order chi connectivity index (χ1) is 9.67. The van der Waals surface area contributed by atoms with Crippen molar-refractivity contribution in [2.24, 2.45) is 0 Å². The summed E-state index contributed by atoms with van der Waals surface area (Å²) in [5.74, 6) is 0.669. The monoisotopic (exact) mass is 305 g/mol. The third kappa shape index (κ3) is 7.34. The lowest BCUT2D eigenvalue weighted by Crippen LogP contribution is -2.38. The van der Waals surface area contributed by atoms with Crippen LogP contribution in [0.2, 0.25) is 0 Å². The van der Waals surface area contributed by atoms with Gasteiger partial charge in [-0.05, 0) is 32.4 Å². The first kappa shape index (κ1) is 17.8. The van der Waals surface area contributed by atoms with Crippen molar-refractivity contribution in [1.29, 1.82) is 0 Å². The lowest BCUT2D eigenvalue weighted by molar-refractivity contribution is -0.139. The van der Waals surface area contributed by atoms with Crippen molar-refractivity contribution in [3.8, 4) is 5.75 Å². The Morgan fingerprint density at radius 1 is 1.29 bits per heavy atom. The van der Waals surface area contributed by atoms with Gasteiger partial charge in [-0.25, -0.2) is 0 Å². The van der Waals surface area contributed by atoms with Crippen molar-refractivity contribution in [1.82, 2.24) is 5.32 Å². The van der Waals surface area contributed by atoms with E-state index in [1.807, 2.05) is 32.0 Å². The van der Waals surface area contributed by atoms with Gasteiger partial charge in [0.05, 0.1) is 6.42 Å². The quantitative estimate of drug-likeness (QED) is 0.814. The molecule has 0 spiro atoms. The molecule has 0 fully saturated rings. The molecule has 0 saturated carbocycles. The molecule has 0 bridgehead atoms. The number of hydrogen-bond donors (Lipinski definition) is 2. The first-order valence-electron chi connectivity index (χ1n) is 6.85. The second-order valence-electron chi connectivity index (χ2n) is 5.36. The zero-order valence-electron chi connectivity index (χ0n) is 12.5. The van der Waals surface area contributed by atoms with E-state index in [0.717, 1.165) is 11.1 Å². The van der Waals surface area contributed by atoms with Crippen LogP contribution in [-0.2, 0) is 0 Å². The molecule has 1 rings (SSSR count). The van der Waals surface area contributed by atoms with E-state index in [9.17, 15) is 18.3 Å². The predicted octanol–water partition coefficient (Wildman–Crippen LogP) is 2.97. The summed E-state index contributed by atoms with van der Waals surface area (Å²) >= 11 is 0. The van der Waals surface area contributed by atoms with Gasteiger partial charge in [0.1, 0.15) is 18.5 Å². The Bertz CT molecular complexity index is 449. The maximum absolute atomic E-state index is 12.1. The van der Waals surface area contributed by atoms with Crippen LogP contribution in [0.25, 0.3) is 0 Å². The van der Waals surface area contributed by atoms with Crippen LogP contribution in [0.4, 0.5) is 13.2 Å². The molecule has 1 aromatic rings. The average Bonchev–Trinajstić information content (AvgIpc) is 2.33. The number of ether oxygens (including phenoxy) is 1. The molecule has 0 aliphatic carbocycles. The molecule has 0 radical (unpaired) electrons. The fourth-order valence-electron chi connectivity index (χ4n) is 1.96. The number of halogens is 3. The number of rotatable bonds is 7. The molecule has 0 amide bonds. The van der Waals surface area contributed by atoms with Gasteiger partial charge in [-0.2, -0.15) is 13.2 Å². The molecule has 0 aliphatic heterocycles. The van der Waals surface area contributed by atoms with Gasteiger partial charge in [0.25, 0.3) is 0 Å². The van der Waals surface area contributed by atoms with E-state index in [4.69, 9.17) is 4.74 Å². The van der Waals surface area contributed by atoms with Crippen LogP contribution in [0, 0.1) is 13.8 Å². The van der Waals surface area contributed by atoms with Crippen molar-refractivity contribution in [2.75, 3.05) is 13.2 Å². The zero-order valence-corrected chi connectivity index (χ0v) is 12.5. The number of hydrogen-bond acceptors (Lipinski definition) is 3. The molecule has 120 valence electrons. The number of aliphatic hydroxyl groups excluding tert-OH is 1. The van der Waals surface area contributed by atoms with Gasteiger partial charge in [-0.3, -0.25) is 0 Å². The Kier molecular flexibility index (Phi) is 6.48. The standard InChI is InChI=1S/C15H22F3NO2/c1-10-4-5-14(11(2)6-10)21-9-13(20)8-19-12(3)7-15(16,17)18/h4-6,12-13,19-20H,7-9H2,1-3H3/t12-,13-/m1/s1. The predicted molar refractivity (Wildman–Crippen MR) is 75.6 cm³/mol. The van der Waals surface area contributed by atoms with Crippen LogP contribution >= 0.6 is 0 Å². The molecular formula is C15H22F3NO2. The fraction of sp³-hybridized carbons (Fsp3) is 0.600. The first-order valence-corrected chi connectivity index (χ1v) is 6.85. The summed E-state index contributed by atoms with van der Waals surface area (Å²) in [6, 6.07) is 4.95. The van der Waals surface area contributed by atoms with Gasteiger partial charge in [0.2, 0.25) is 0 Å². The highest BCUT2D eigenvalue weighted by atomic mass is 19.4. The van der Waals surface area contributed by atoms with E-state index in [1.54, 1.807) is 0 Å². The molecule has 21 heavy (non-hydrogen) atoms. The molecule has 2 N–H and O–H groups in total. The Hall–Kier alpha value is -1.27. The molecule has 0 saturated heterocycles. The normalized spacial score (nSPS) is 14.8. The summed E-state index contributed by atoms with van der Waals surface area (Å²) in [6.45, 7) is 5.40. The van der Waals surface area contributed by atoms with Crippen molar-refractivity contribution < 1.29 is 23.0 Å². The lowest BCUT2D eigenvalue weighted by atomic mass is 10.1. The molecule has 6 heteroatoms. The minimum atomic E-state index is -4.20. The summed E-state index contributed by atoms with van der Waals surface area (Å²) in [7, 11) is 0. The molecule has 0 unspecified atom stereocenters. The second-order valence-corrected chi connectivity index (χ2v) is 5.36. The van der Waals surface area contributed by atoms with E-state index in [1.165, 1.54) is 6.92 Å². The van der Waals surface area contributed by atoms with E-state index in [-0.39, 0.29) is 13.2 Å². The van der Waals surface area contributed by atoms with Gasteiger partial charge < -0.3 is 15.2 Å². The molecular weight excluding hydrogens is 283 g/mol. The highest BCUT2D eigenvalue weighted by Gasteiger charge is 2.29. The minimum Gasteiger partial charge on any atom is -0.491 e. The van der Waals surface area contributed by atoms with Crippen LogP contribution in [0.1, 0.15) is 24.5 Å². The van der Waals surface area contributed by atoms with E-state index in [2.05, 4.69) is 5.32 Å². The Morgan fingerprint density at radius 3 is 2.52 bits per heavy atom. The summed E-state index contributed by atoms with van der Waals surface area (Å²) < 4.78 is 41.9. The zero-order chi connectivity index (χ0) is 16.0. The van der Waals surface area contributed by atoms with Gasteiger partial charge in [0, 0.05) is 12.6 Å². The molecule has 2 atom stereocenters.